The van der Waals surface area contributed by atoms with Crippen molar-refractivity contribution in [2.24, 2.45) is 0 Å². The number of aliphatic hydroxyl groups is 1. The van der Waals surface area contributed by atoms with Gasteiger partial charge >= 0.3 is 0 Å². The number of nitrogens with zero attached hydrogens (tertiary/aromatic N) is 1. The Labute approximate surface area is 125 Å². The summed E-state index contributed by atoms with van der Waals surface area (Å²) in [5.74, 6) is 0. The molecule has 0 aliphatic heterocycles. The highest BCUT2D eigenvalue weighted by molar-refractivity contribution is 5.84. The number of fused-ring (bicyclic) bond motifs is 1. The zero-order valence-electron chi connectivity index (χ0n) is 12.0. The van der Waals surface area contributed by atoms with Gasteiger partial charge in [0.1, 0.15) is 0 Å². The second-order valence-corrected chi connectivity index (χ2v) is 5.30. The monoisotopic (exact) mass is 277 g/mol. The minimum atomic E-state index is 0.252. The summed E-state index contributed by atoms with van der Waals surface area (Å²) in [4.78, 5) is 4.54. The molecule has 0 atom stereocenters. The van der Waals surface area contributed by atoms with Gasteiger partial charge in [0.15, 0.2) is 0 Å². The Kier molecular flexibility index (Phi) is 4.27. The van der Waals surface area contributed by atoms with Gasteiger partial charge in [0.2, 0.25) is 0 Å². The van der Waals surface area contributed by atoms with Gasteiger partial charge < -0.3 is 5.11 Å². The maximum absolute atomic E-state index is 8.87. The van der Waals surface area contributed by atoms with Crippen LogP contribution < -0.4 is 0 Å². The highest BCUT2D eigenvalue weighted by Crippen LogP contribution is 2.19. The fourth-order valence-electron chi connectivity index (χ4n) is 2.62. The second-order valence-electron chi connectivity index (χ2n) is 5.30. The van der Waals surface area contributed by atoms with Crippen molar-refractivity contribution in [1.82, 2.24) is 4.98 Å². The van der Waals surface area contributed by atoms with E-state index in [-0.39, 0.29) is 6.61 Å². The van der Waals surface area contributed by atoms with Crippen LogP contribution in [0.15, 0.2) is 60.8 Å². The normalized spacial score (nSPS) is 10.9. The maximum atomic E-state index is 8.87. The molecule has 3 aromatic rings. The lowest BCUT2D eigenvalue weighted by Crippen LogP contribution is -1.95. The molecule has 3 rings (SSSR count). The Morgan fingerprint density at radius 2 is 1.62 bits per heavy atom. The molecular formula is C19H19NO. The predicted octanol–water partition coefficient (Wildman–Crippen LogP) is 3.75. The van der Waals surface area contributed by atoms with E-state index in [0.717, 1.165) is 25.0 Å². The van der Waals surface area contributed by atoms with E-state index in [4.69, 9.17) is 5.11 Å². The van der Waals surface area contributed by atoms with Crippen LogP contribution in [0.1, 0.15) is 23.2 Å². The highest BCUT2D eigenvalue weighted by Gasteiger charge is 2.03. The van der Waals surface area contributed by atoms with Gasteiger partial charge in [0.05, 0.1) is 5.69 Å². The van der Waals surface area contributed by atoms with Crippen molar-refractivity contribution in [2.75, 3.05) is 6.61 Å². The van der Waals surface area contributed by atoms with E-state index in [1.165, 1.54) is 21.9 Å². The summed E-state index contributed by atoms with van der Waals surface area (Å²) >= 11 is 0. The summed E-state index contributed by atoms with van der Waals surface area (Å²) in [6.45, 7) is 0.252. The maximum Gasteiger partial charge on any atom is 0.0525 e. The average molecular weight is 277 g/mol. The van der Waals surface area contributed by atoms with Crippen LogP contribution in [-0.4, -0.2) is 16.7 Å². The first-order chi connectivity index (χ1) is 10.4. The summed E-state index contributed by atoms with van der Waals surface area (Å²) in [5, 5.41) is 11.3. The minimum absolute atomic E-state index is 0.252. The lowest BCUT2D eigenvalue weighted by atomic mass is 10.0. The zero-order chi connectivity index (χ0) is 14.5. The molecule has 0 saturated heterocycles. The SMILES string of the molecule is OCCCc1ccc(Cc2nccc3ccccc23)cc1. The topological polar surface area (TPSA) is 33.1 Å². The second kappa shape index (κ2) is 6.51. The predicted molar refractivity (Wildman–Crippen MR) is 86.4 cm³/mol. The van der Waals surface area contributed by atoms with E-state index in [0.29, 0.717) is 0 Å². The summed E-state index contributed by atoms with van der Waals surface area (Å²) in [7, 11) is 0. The fraction of sp³-hybridized carbons (Fsp3) is 0.211. The van der Waals surface area contributed by atoms with Crippen LogP contribution in [0.2, 0.25) is 0 Å². The Hall–Kier alpha value is -2.19. The van der Waals surface area contributed by atoms with Crippen molar-refractivity contribution in [1.29, 1.82) is 0 Å². The third-order valence-corrected chi connectivity index (χ3v) is 3.77. The van der Waals surface area contributed by atoms with Gasteiger partial charge in [-0.1, -0.05) is 48.5 Å². The molecule has 2 aromatic carbocycles. The van der Waals surface area contributed by atoms with Gasteiger partial charge in [0, 0.05) is 24.6 Å². The van der Waals surface area contributed by atoms with Crippen LogP contribution in [0.4, 0.5) is 0 Å². The van der Waals surface area contributed by atoms with E-state index in [1.54, 1.807) is 0 Å². The first-order valence-electron chi connectivity index (χ1n) is 7.38. The van der Waals surface area contributed by atoms with Gasteiger partial charge in [-0.2, -0.15) is 0 Å². The Morgan fingerprint density at radius 1 is 0.857 bits per heavy atom. The molecule has 2 heteroatoms. The van der Waals surface area contributed by atoms with Crippen molar-refractivity contribution in [3.05, 3.63) is 77.6 Å². The van der Waals surface area contributed by atoms with Gasteiger partial charge in [0.25, 0.3) is 0 Å². The number of aliphatic hydroxyl groups excluding tert-OH is 1. The molecule has 1 heterocycles. The van der Waals surface area contributed by atoms with Crippen LogP contribution in [0.5, 0.6) is 0 Å². The molecule has 1 aromatic heterocycles. The number of hydrogen-bond donors (Lipinski definition) is 1. The van der Waals surface area contributed by atoms with Gasteiger partial charge in [-0.3, -0.25) is 4.98 Å². The molecular weight excluding hydrogens is 258 g/mol. The van der Waals surface area contributed by atoms with Crippen LogP contribution in [0.25, 0.3) is 10.8 Å². The third-order valence-electron chi connectivity index (χ3n) is 3.77. The van der Waals surface area contributed by atoms with Crippen LogP contribution in [-0.2, 0) is 12.8 Å². The summed E-state index contributed by atoms with van der Waals surface area (Å²) in [6.07, 6.45) is 4.49. The van der Waals surface area contributed by atoms with Crippen molar-refractivity contribution >= 4 is 10.8 Å². The lowest BCUT2D eigenvalue weighted by molar-refractivity contribution is 0.288. The molecule has 0 aliphatic carbocycles. The molecule has 0 unspecified atom stereocenters. The van der Waals surface area contributed by atoms with Crippen LogP contribution in [0.3, 0.4) is 0 Å². The minimum Gasteiger partial charge on any atom is -0.396 e. The quantitative estimate of drug-likeness (QED) is 0.770. The number of aromatic nitrogens is 1. The number of benzene rings is 2. The molecule has 21 heavy (non-hydrogen) atoms. The van der Waals surface area contributed by atoms with Crippen molar-refractivity contribution in [3.8, 4) is 0 Å². The first kappa shape index (κ1) is 13.8. The Bertz CT molecular complexity index is 714. The van der Waals surface area contributed by atoms with E-state index in [9.17, 15) is 0 Å². The van der Waals surface area contributed by atoms with Crippen molar-refractivity contribution in [3.63, 3.8) is 0 Å². The number of pyridine rings is 1. The molecule has 2 nitrogen and oxygen atoms in total. The van der Waals surface area contributed by atoms with E-state index >= 15 is 0 Å². The standard InChI is InChI=1S/C19H19NO/c21-13-3-4-15-7-9-16(10-8-15)14-19-18-6-2-1-5-17(18)11-12-20-19/h1-2,5-12,21H,3-4,13-14H2. The van der Waals surface area contributed by atoms with Gasteiger partial charge in [-0.05, 0) is 35.4 Å². The zero-order valence-corrected chi connectivity index (χ0v) is 12.0. The van der Waals surface area contributed by atoms with Crippen molar-refractivity contribution in [2.45, 2.75) is 19.3 Å². The Morgan fingerprint density at radius 3 is 2.43 bits per heavy atom. The molecule has 0 amide bonds. The van der Waals surface area contributed by atoms with Crippen LogP contribution in [0, 0.1) is 0 Å². The number of aryl methyl sites for hydroxylation is 1. The molecule has 0 radical (unpaired) electrons. The molecule has 0 aliphatic rings. The third kappa shape index (κ3) is 3.29. The summed E-state index contributed by atoms with van der Waals surface area (Å²) < 4.78 is 0. The van der Waals surface area contributed by atoms with Gasteiger partial charge in [-0.25, -0.2) is 0 Å². The molecule has 1 N–H and O–H groups in total. The lowest BCUT2D eigenvalue weighted by Gasteiger charge is -2.07. The largest absolute Gasteiger partial charge is 0.396 e. The average Bonchev–Trinajstić information content (AvgIpc) is 2.55. The first-order valence-corrected chi connectivity index (χ1v) is 7.38. The van der Waals surface area contributed by atoms with Crippen molar-refractivity contribution < 1.29 is 5.11 Å². The van der Waals surface area contributed by atoms with E-state index in [1.807, 2.05) is 6.20 Å². The molecule has 0 spiro atoms. The number of rotatable bonds is 5. The summed E-state index contributed by atoms with van der Waals surface area (Å²) in [5.41, 5.74) is 3.67. The van der Waals surface area contributed by atoms with E-state index < -0.39 is 0 Å². The highest BCUT2D eigenvalue weighted by atomic mass is 16.2. The van der Waals surface area contributed by atoms with Crippen LogP contribution >= 0.6 is 0 Å². The molecule has 0 saturated carbocycles. The molecule has 0 bridgehead atoms. The summed E-state index contributed by atoms with van der Waals surface area (Å²) in [6, 6.07) is 19.1. The molecule has 0 fully saturated rings. The van der Waals surface area contributed by atoms with E-state index in [2.05, 4.69) is 59.6 Å². The fourth-order valence-corrected chi connectivity index (χ4v) is 2.62. The smallest absolute Gasteiger partial charge is 0.0525 e. The molecule has 106 valence electrons. The number of hydrogen-bond acceptors (Lipinski definition) is 2. The Balaban J connectivity index is 1.82. The van der Waals surface area contributed by atoms with Gasteiger partial charge in [-0.15, -0.1) is 0 Å².